The number of carboxylic acid groups (broad SMARTS) is 2. The van der Waals surface area contributed by atoms with Crippen molar-refractivity contribution in [3.63, 3.8) is 0 Å². The average Bonchev–Trinajstić information content (AvgIpc) is 1.36. The molecular formula is C2H4CeNO4+3. The normalized spacial score (nSPS) is 5.50. The molecule has 0 aromatic heterocycles. The fourth-order valence-electron chi connectivity index (χ4n) is 0. The number of hydrogen-bond donors (Lipinski definition) is 1. The van der Waals surface area contributed by atoms with Crippen molar-refractivity contribution in [2.24, 2.45) is 0 Å². The van der Waals surface area contributed by atoms with Crippen LogP contribution in [-0.2, 0) is 9.59 Å². The number of hydrogen-bond acceptors (Lipinski definition) is 4. The van der Waals surface area contributed by atoms with Crippen LogP contribution in [0.5, 0.6) is 0 Å². The molecule has 0 atom stereocenters. The van der Waals surface area contributed by atoms with Gasteiger partial charge in [0.25, 0.3) is 0 Å². The maximum Gasteiger partial charge on any atom is 4.00 e. The van der Waals surface area contributed by atoms with E-state index in [4.69, 9.17) is 19.8 Å². The minimum absolute atomic E-state index is 0. The summed E-state index contributed by atoms with van der Waals surface area (Å²) in [5.41, 5.74) is 0. The van der Waals surface area contributed by atoms with Crippen molar-refractivity contribution in [3.05, 3.63) is 0 Å². The van der Waals surface area contributed by atoms with E-state index in [-0.39, 0.29) is 47.9 Å². The van der Waals surface area contributed by atoms with Gasteiger partial charge in [0, 0.05) is 0 Å². The Morgan fingerprint density at radius 2 is 1.12 bits per heavy atom. The SMILES string of the molecule is O=C([O-])C(=O)[O-].[Ce+4].[NH4+]. The van der Waals surface area contributed by atoms with E-state index in [0.717, 1.165) is 0 Å². The molecule has 0 saturated heterocycles. The van der Waals surface area contributed by atoms with Gasteiger partial charge in [-0.15, -0.1) is 0 Å². The van der Waals surface area contributed by atoms with Gasteiger partial charge in [0.05, 0.1) is 11.9 Å². The number of rotatable bonds is 0. The van der Waals surface area contributed by atoms with Crippen LogP contribution in [0.2, 0.25) is 0 Å². The summed E-state index contributed by atoms with van der Waals surface area (Å²) in [5, 5.41) is 17.9. The van der Waals surface area contributed by atoms with Gasteiger partial charge < -0.3 is 26.0 Å². The Morgan fingerprint density at radius 3 is 1.12 bits per heavy atom. The second kappa shape index (κ2) is 7.28. The average molecular weight is 246 g/mol. The standard InChI is InChI=1S/C2H2O4.Ce.H3N/c3-1(4)2(5)6;;/h(H,3,4)(H,5,6);;1H3/q;+4;/p-1. The molecule has 0 aliphatic carbocycles. The molecule has 6 heteroatoms. The summed E-state index contributed by atoms with van der Waals surface area (Å²) in [6.45, 7) is 0. The van der Waals surface area contributed by atoms with Gasteiger partial charge in [0.1, 0.15) is 0 Å². The van der Waals surface area contributed by atoms with Crippen LogP contribution in [0.1, 0.15) is 0 Å². The molecule has 0 aliphatic heterocycles. The van der Waals surface area contributed by atoms with Crippen molar-refractivity contribution in [1.29, 1.82) is 0 Å². The summed E-state index contributed by atoms with van der Waals surface area (Å²) in [5.74, 6) is -4.37. The van der Waals surface area contributed by atoms with Crippen molar-refractivity contribution in [1.82, 2.24) is 6.15 Å². The van der Waals surface area contributed by atoms with Gasteiger partial charge in [0.2, 0.25) is 0 Å². The van der Waals surface area contributed by atoms with Gasteiger partial charge in [-0.1, -0.05) is 0 Å². The van der Waals surface area contributed by atoms with Crippen LogP contribution >= 0.6 is 0 Å². The molecule has 0 saturated carbocycles. The Labute approximate surface area is 79.0 Å². The third-order valence-electron chi connectivity index (χ3n) is 0.167. The van der Waals surface area contributed by atoms with Gasteiger partial charge in [-0.25, -0.2) is 0 Å². The molecule has 4 N–H and O–H groups in total. The third kappa shape index (κ3) is 9.56. The summed E-state index contributed by atoms with van der Waals surface area (Å²) in [6.07, 6.45) is 0. The largest absolute Gasteiger partial charge is 4.00 e. The molecule has 0 aromatic carbocycles. The predicted molar refractivity (Wildman–Crippen MR) is 16.0 cm³/mol. The summed E-state index contributed by atoms with van der Waals surface area (Å²) in [4.78, 5) is 17.9. The molecule has 0 fully saturated rings. The first-order chi connectivity index (χ1) is 2.64. The second-order valence-electron chi connectivity index (χ2n) is 0.575. The Hall–Kier alpha value is 0.277. The van der Waals surface area contributed by atoms with E-state index in [9.17, 15) is 0 Å². The second-order valence-corrected chi connectivity index (χ2v) is 0.575. The van der Waals surface area contributed by atoms with Crippen LogP contribution in [0.15, 0.2) is 0 Å². The number of quaternary nitrogens is 1. The van der Waals surface area contributed by atoms with Crippen LogP contribution in [0.25, 0.3) is 0 Å². The number of carboxylic acids is 2. The Bertz CT molecular complexity index is 80.0. The fourth-order valence-corrected chi connectivity index (χ4v) is 0. The number of carbonyl (C=O) groups excluding carboxylic acids is 2. The molecule has 0 bridgehead atoms. The van der Waals surface area contributed by atoms with Crippen LogP contribution < -0.4 is 16.4 Å². The van der Waals surface area contributed by atoms with E-state index in [1.165, 1.54) is 0 Å². The summed E-state index contributed by atoms with van der Waals surface area (Å²) < 4.78 is 0. The first-order valence-electron chi connectivity index (χ1n) is 1.07. The van der Waals surface area contributed by atoms with Crippen molar-refractivity contribution in [3.8, 4) is 0 Å². The zero-order chi connectivity index (χ0) is 5.15. The van der Waals surface area contributed by atoms with Crippen LogP contribution in [0, 0.1) is 41.7 Å². The Kier molecular flexibility index (Phi) is 14.3. The van der Waals surface area contributed by atoms with Gasteiger partial charge in [-0.2, -0.15) is 0 Å². The molecule has 0 rings (SSSR count). The maximum absolute atomic E-state index is 8.93. The van der Waals surface area contributed by atoms with E-state index in [1.54, 1.807) is 0 Å². The van der Waals surface area contributed by atoms with Crippen molar-refractivity contribution in [2.45, 2.75) is 0 Å². The first-order valence-corrected chi connectivity index (χ1v) is 1.07. The molecule has 0 aromatic rings. The smallest absolute Gasteiger partial charge is 0.543 e. The maximum atomic E-state index is 8.93. The van der Waals surface area contributed by atoms with Gasteiger partial charge in [-0.05, 0) is 0 Å². The zero-order valence-electron chi connectivity index (χ0n) is 4.13. The molecule has 0 amide bonds. The van der Waals surface area contributed by atoms with Gasteiger partial charge >= 0.3 is 41.7 Å². The Balaban J connectivity index is -0.000000125. The van der Waals surface area contributed by atoms with Gasteiger partial charge in [0.15, 0.2) is 0 Å². The molecule has 0 radical (unpaired) electrons. The minimum atomic E-state index is -2.19. The number of aliphatic carboxylic acids is 2. The third-order valence-corrected chi connectivity index (χ3v) is 0.167. The van der Waals surface area contributed by atoms with E-state index in [0.29, 0.717) is 0 Å². The molecular weight excluding hydrogens is 242 g/mol. The van der Waals surface area contributed by atoms with E-state index in [2.05, 4.69) is 0 Å². The molecule has 0 aliphatic rings. The van der Waals surface area contributed by atoms with Crippen LogP contribution in [0.4, 0.5) is 0 Å². The van der Waals surface area contributed by atoms with E-state index in [1.807, 2.05) is 0 Å². The van der Waals surface area contributed by atoms with E-state index >= 15 is 0 Å². The number of carbonyl (C=O) groups is 2. The summed E-state index contributed by atoms with van der Waals surface area (Å²) in [7, 11) is 0. The molecule has 0 spiro atoms. The summed E-state index contributed by atoms with van der Waals surface area (Å²) >= 11 is 0. The predicted octanol–water partition coefficient (Wildman–Crippen LogP) is -3.14. The minimum Gasteiger partial charge on any atom is -0.543 e. The van der Waals surface area contributed by atoms with Crippen LogP contribution in [0.3, 0.4) is 0 Å². The molecule has 42 valence electrons. The summed E-state index contributed by atoms with van der Waals surface area (Å²) in [6, 6.07) is 0. The topological polar surface area (TPSA) is 117 Å². The molecule has 8 heavy (non-hydrogen) atoms. The van der Waals surface area contributed by atoms with Crippen LogP contribution in [-0.4, -0.2) is 11.9 Å². The molecule has 5 nitrogen and oxygen atoms in total. The zero-order valence-corrected chi connectivity index (χ0v) is 7.27. The molecule has 0 heterocycles. The van der Waals surface area contributed by atoms with Crippen molar-refractivity contribution in [2.75, 3.05) is 0 Å². The fraction of sp³-hybridized carbons (Fsp3) is 0. The quantitative estimate of drug-likeness (QED) is 0.454. The Morgan fingerprint density at radius 1 is 1.00 bits per heavy atom. The molecule has 0 unspecified atom stereocenters. The van der Waals surface area contributed by atoms with Crippen molar-refractivity contribution < 1.29 is 61.5 Å². The van der Waals surface area contributed by atoms with Gasteiger partial charge in [-0.3, -0.25) is 0 Å². The first kappa shape index (κ1) is 15.7. The van der Waals surface area contributed by atoms with E-state index < -0.39 is 11.9 Å². The van der Waals surface area contributed by atoms with Crippen molar-refractivity contribution >= 4 is 11.9 Å². The monoisotopic (exact) mass is 246 g/mol.